The minimum Gasteiger partial charge on any atom is -0.340 e. The van der Waals surface area contributed by atoms with Crippen molar-refractivity contribution in [1.29, 1.82) is 0 Å². The van der Waals surface area contributed by atoms with Crippen LogP contribution in [0.5, 0.6) is 0 Å². The molecule has 0 saturated heterocycles. The number of imide groups is 1. The molecule has 0 aliphatic rings. The molecule has 0 bridgehead atoms. The van der Waals surface area contributed by atoms with Gasteiger partial charge in [0.05, 0.1) is 5.75 Å². The number of carbonyl (C=O) groups excluding carboxylic acids is 3. The molecule has 0 fully saturated rings. The molecular formula is C7H12N2O3S. The van der Waals surface area contributed by atoms with Gasteiger partial charge >= 0.3 is 0 Å². The molecule has 0 aliphatic carbocycles. The molecule has 6 heteroatoms. The zero-order valence-corrected chi connectivity index (χ0v) is 8.60. The first kappa shape index (κ1) is 12.0. The molecule has 0 aromatic heterocycles. The molecule has 3 amide bonds. The van der Waals surface area contributed by atoms with Gasteiger partial charge < -0.3 is 4.90 Å². The molecule has 0 radical (unpaired) electrons. The molecule has 0 rings (SSSR count). The Labute approximate surface area is 80.8 Å². The first-order chi connectivity index (χ1) is 5.93. The van der Waals surface area contributed by atoms with Gasteiger partial charge in [-0.1, -0.05) is 11.8 Å². The van der Waals surface area contributed by atoms with E-state index in [0.717, 1.165) is 11.8 Å². The van der Waals surface area contributed by atoms with Crippen molar-refractivity contribution in [1.82, 2.24) is 10.2 Å². The Morgan fingerprint density at radius 2 is 1.85 bits per heavy atom. The molecule has 0 spiro atoms. The minimum atomic E-state index is -0.451. The van der Waals surface area contributed by atoms with Crippen molar-refractivity contribution in [2.75, 3.05) is 19.8 Å². The molecular weight excluding hydrogens is 192 g/mol. The molecule has 5 nitrogen and oxygen atoms in total. The molecule has 0 heterocycles. The van der Waals surface area contributed by atoms with Crippen LogP contribution < -0.4 is 5.32 Å². The number of rotatable bonds is 2. The second-order valence-corrected chi connectivity index (χ2v) is 3.48. The Morgan fingerprint density at radius 1 is 1.31 bits per heavy atom. The van der Waals surface area contributed by atoms with Crippen molar-refractivity contribution in [3.05, 3.63) is 0 Å². The van der Waals surface area contributed by atoms with Gasteiger partial charge in [-0.05, 0) is 0 Å². The van der Waals surface area contributed by atoms with Crippen molar-refractivity contribution in [2.45, 2.75) is 6.92 Å². The third kappa shape index (κ3) is 6.15. The van der Waals surface area contributed by atoms with Gasteiger partial charge in [-0.2, -0.15) is 0 Å². The number of carbonyl (C=O) groups is 3. The number of amides is 3. The summed E-state index contributed by atoms with van der Waals surface area (Å²) in [6.45, 7) is 1.25. The van der Waals surface area contributed by atoms with E-state index in [-0.39, 0.29) is 11.0 Å². The molecule has 0 aromatic rings. The zero-order valence-electron chi connectivity index (χ0n) is 7.79. The van der Waals surface area contributed by atoms with Gasteiger partial charge in [0, 0.05) is 21.0 Å². The van der Waals surface area contributed by atoms with Crippen LogP contribution in [0.15, 0.2) is 0 Å². The van der Waals surface area contributed by atoms with Crippen LogP contribution in [0, 0.1) is 0 Å². The van der Waals surface area contributed by atoms with E-state index < -0.39 is 11.8 Å². The summed E-state index contributed by atoms with van der Waals surface area (Å²) < 4.78 is 0. The molecule has 74 valence electrons. The maximum atomic E-state index is 11.0. The summed E-state index contributed by atoms with van der Waals surface area (Å²) in [5.74, 6) is -0.896. The van der Waals surface area contributed by atoms with Gasteiger partial charge in [-0.25, -0.2) is 0 Å². The van der Waals surface area contributed by atoms with E-state index in [1.165, 1.54) is 11.8 Å². The first-order valence-corrected chi connectivity index (χ1v) is 4.56. The van der Waals surface area contributed by atoms with Crippen molar-refractivity contribution >= 4 is 28.8 Å². The van der Waals surface area contributed by atoms with Crippen LogP contribution in [0.1, 0.15) is 6.92 Å². The van der Waals surface area contributed by atoms with Gasteiger partial charge in [-0.3, -0.25) is 19.7 Å². The fourth-order valence-electron chi connectivity index (χ4n) is 0.489. The molecule has 0 aromatic carbocycles. The van der Waals surface area contributed by atoms with Crippen molar-refractivity contribution < 1.29 is 14.4 Å². The third-order valence-electron chi connectivity index (χ3n) is 1.01. The summed E-state index contributed by atoms with van der Waals surface area (Å²) in [7, 11) is 3.19. The maximum absolute atomic E-state index is 11.0. The highest BCUT2D eigenvalue weighted by Crippen LogP contribution is 2.04. The van der Waals surface area contributed by atoms with E-state index in [4.69, 9.17) is 0 Å². The molecule has 13 heavy (non-hydrogen) atoms. The number of thioether (sulfide) groups is 1. The van der Waals surface area contributed by atoms with E-state index in [0.29, 0.717) is 0 Å². The van der Waals surface area contributed by atoms with E-state index >= 15 is 0 Å². The average Bonchev–Trinajstić information content (AvgIpc) is 1.98. The van der Waals surface area contributed by atoms with Crippen LogP contribution >= 0.6 is 11.8 Å². The summed E-state index contributed by atoms with van der Waals surface area (Å²) in [6, 6.07) is 0. The lowest BCUT2D eigenvalue weighted by Gasteiger charge is -2.08. The summed E-state index contributed by atoms with van der Waals surface area (Å²) in [5.41, 5.74) is 0. The smallest absolute Gasteiger partial charge is 0.281 e. The molecule has 0 saturated carbocycles. The average molecular weight is 204 g/mol. The highest BCUT2D eigenvalue weighted by Gasteiger charge is 2.09. The van der Waals surface area contributed by atoms with Crippen LogP contribution in [0.3, 0.4) is 0 Å². The zero-order chi connectivity index (χ0) is 10.4. The van der Waals surface area contributed by atoms with Crippen LogP contribution in [-0.2, 0) is 9.59 Å². The van der Waals surface area contributed by atoms with E-state index in [2.05, 4.69) is 5.32 Å². The predicted octanol–water partition coefficient (Wildman–Crippen LogP) is 0.0639. The second kappa shape index (κ2) is 5.58. The van der Waals surface area contributed by atoms with Gasteiger partial charge in [-0.15, -0.1) is 0 Å². The molecule has 0 unspecified atom stereocenters. The Kier molecular flexibility index (Phi) is 5.13. The summed E-state index contributed by atoms with van der Waals surface area (Å²) >= 11 is 0.857. The molecule has 0 aliphatic heterocycles. The van der Waals surface area contributed by atoms with Crippen LogP contribution in [0.2, 0.25) is 0 Å². The Bertz CT molecular complexity index is 228. The molecule has 0 atom stereocenters. The van der Waals surface area contributed by atoms with Gasteiger partial charge in [0.2, 0.25) is 11.8 Å². The topological polar surface area (TPSA) is 66.5 Å². The minimum absolute atomic E-state index is 0.0312. The standard InChI is InChI=1S/C7H12N2O3S/c1-5(10)8-6(11)4-13-7(12)9(2)3/h4H2,1-3H3,(H,8,10,11). The van der Waals surface area contributed by atoms with E-state index in [1.54, 1.807) is 14.1 Å². The fraction of sp³-hybridized carbons (Fsp3) is 0.571. The predicted molar refractivity (Wildman–Crippen MR) is 50.4 cm³/mol. The Morgan fingerprint density at radius 3 is 2.23 bits per heavy atom. The van der Waals surface area contributed by atoms with Crippen molar-refractivity contribution in [2.24, 2.45) is 0 Å². The van der Waals surface area contributed by atoms with Crippen molar-refractivity contribution in [3.8, 4) is 0 Å². The Hall–Kier alpha value is -1.04. The van der Waals surface area contributed by atoms with Crippen LogP contribution in [-0.4, -0.2) is 41.8 Å². The quantitative estimate of drug-likeness (QED) is 0.691. The SMILES string of the molecule is CC(=O)NC(=O)CSC(=O)N(C)C. The highest BCUT2D eigenvalue weighted by molar-refractivity contribution is 8.14. The normalized spacial score (nSPS) is 9.15. The second-order valence-electron chi connectivity index (χ2n) is 2.55. The third-order valence-corrected chi connectivity index (χ3v) is 2.03. The number of nitrogens with zero attached hydrogens (tertiary/aromatic N) is 1. The lowest BCUT2D eigenvalue weighted by Crippen LogP contribution is -2.30. The van der Waals surface area contributed by atoms with E-state index in [1.807, 2.05) is 0 Å². The summed E-state index contributed by atoms with van der Waals surface area (Å²) in [4.78, 5) is 33.6. The number of hydrogen-bond donors (Lipinski definition) is 1. The van der Waals surface area contributed by atoms with Gasteiger partial charge in [0.15, 0.2) is 0 Å². The largest absolute Gasteiger partial charge is 0.340 e. The van der Waals surface area contributed by atoms with Gasteiger partial charge in [0.25, 0.3) is 5.24 Å². The van der Waals surface area contributed by atoms with Crippen LogP contribution in [0.4, 0.5) is 4.79 Å². The lowest BCUT2D eigenvalue weighted by molar-refractivity contribution is -0.127. The summed E-state index contributed by atoms with van der Waals surface area (Å²) in [6.07, 6.45) is 0. The lowest BCUT2D eigenvalue weighted by atomic mass is 10.6. The summed E-state index contributed by atoms with van der Waals surface area (Å²) in [5, 5.41) is 1.86. The Balaban J connectivity index is 3.70. The molecule has 1 N–H and O–H groups in total. The van der Waals surface area contributed by atoms with Crippen LogP contribution in [0.25, 0.3) is 0 Å². The number of nitrogens with one attached hydrogen (secondary N) is 1. The number of hydrogen-bond acceptors (Lipinski definition) is 4. The highest BCUT2D eigenvalue weighted by atomic mass is 32.2. The van der Waals surface area contributed by atoms with Gasteiger partial charge in [0.1, 0.15) is 0 Å². The first-order valence-electron chi connectivity index (χ1n) is 3.58. The van der Waals surface area contributed by atoms with Crippen molar-refractivity contribution in [3.63, 3.8) is 0 Å². The fourth-order valence-corrected chi connectivity index (χ4v) is 1.07. The monoisotopic (exact) mass is 204 g/mol. The maximum Gasteiger partial charge on any atom is 0.281 e. The van der Waals surface area contributed by atoms with E-state index in [9.17, 15) is 14.4 Å².